The van der Waals surface area contributed by atoms with Crippen molar-refractivity contribution in [2.24, 2.45) is 5.92 Å². The minimum Gasteiger partial charge on any atom is -0.354 e. The lowest BCUT2D eigenvalue weighted by Crippen LogP contribution is -2.46. The highest BCUT2D eigenvalue weighted by atomic mass is 79.9. The van der Waals surface area contributed by atoms with Crippen LogP contribution in [0.25, 0.3) is 0 Å². The Morgan fingerprint density at radius 3 is 2.12 bits per heavy atom. The Morgan fingerprint density at radius 1 is 1.38 bits per heavy atom. The molecule has 0 bridgehead atoms. The monoisotopic (exact) mass is 313 g/mol. The predicted molar refractivity (Wildman–Crippen MR) is 69.5 cm³/mol. The first-order chi connectivity index (χ1) is 6.99. The average Bonchev–Trinajstić information content (AvgIpc) is 2.11. The fourth-order valence-electron chi connectivity index (χ4n) is 0.831. The minimum absolute atomic E-state index is 0.124. The first kappa shape index (κ1) is 15.9. The molecule has 1 unspecified atom stereocenters. The third-order valence-corrected chi connectivity index (χ3v) is 6.15. The number of amides is 1. The fraction of sp³-hybridized carbons (Fsp3) is 0.900. The number of nitrogens with one attached hydrogen (secondary N) is 1. The van der Waals surface area contributed by atoms with Gasteiger partial charge >= 0.3 is 0 Å². The van der Waals surface area contributed by atoms with Gasteiger partial charge in [0.1, 0.15) is 0 Å². The molecule has 0 radical (unpaired) electrons. The zero-order valence-electron chi connectivity index (χ0n) is 10.4. The maximum atomic E-state index is 11.6. The van der Waals surface area contributed by atoms with Gasteiger partial charge in [0.15, 0.2) is 9.84 Å². The molecule has 0 aliphatic heterocycles. The van der Waals surface area contributed by atoms with E-state index in [-0.39, 0.29) is 23.2 Å². The van der Waals surface area contributed by atoms with E-state index in [0.29, 0.717) is 0 Å². The maximum Gasteiger partial charge on any atom is 0.234 e. The molecule has 0 fully saturated rings. The third kappa shape index (κ3) is 4.41. The maximum absolute atomic E-state index is 11.6. The van der Waals surface area contributed by atoms with Crippen molar-refractivity contribution in [1.29, 1.82) is 0 Å². The first-order valence-corrected chi connectivity index (χ1v) is 7.91. The van der Waals surface area contributed by atoms with Gasteiger partial charge < -0.3 is 5.32 Å². The van der Waals surface area contributed by atoms with Gasteiger partial charge in [0.25, 0.3) is 0 Å². The number of hydrogen-bond donors (Lipinski definition) is 1. The summed E-state index contributed by atoms with van der Waals surface area (Å²) >= 11 is 3.26. The number of hydrogen-bond acceptors (Lipinski definition) is 3. The number of carbonyl (C=O) groups excluding carboxylic acids is 1. The van der Waals surface area contributed by atoms with Crippen LogP contribution < -0.4 is 5.32 Å². The van der Waals surface area contributed by atoms with Crippen LogP contribution in [0.5, 0.6) is 0 Å². The van der Waals surface area contributed by atoms with E-state index in [9.17, 15) is 13.2 Å². The number of sulfone groups is 1. The molecule has 1 N–H and O–H groups in total. The molecule has 0 aliphatic rings. The normalized spacial score (nSPS) is 14.9. The van der Waals surface area contributed by atoms with Gasteiger partial charge in [-0.3, -0.25) is 4.79 Å². The zero-order chi connectivity index (χ0) is 13.1. The van der Waals surface area contributed by atoms with Gasteiger partial charge in [0, 0.05) is 12.8 Å². The van der Waals surface area contributed by atoms with Gasteiger partial charge in [-0.1, -0.05) is 29.8 Å². The van der Waals surface area contributed by atoms with Gasteiger partial charge in [-0.25, -0.2) is 8.42 Å². The second kappa shape index (κ2) is 5.49. The molecule has 6 heteroatoms. The molecule has 0 spiro atoms. The Labute approximate surface area is 106 Å². The molecule has 16 heavy (non-hydrogen) atoms. The molecule has 0 aromatic heterocycles. The number of rotatable bonds is 5. The summed E-state index contributed by atoms with van der Waals surface area (Å²) in [6.07, 6.45) is 1.17. The van der Waals surface area contributed by atoms with E-state index in [2.05, 4.69) is 21.2 Å². The number of carbonyl (C=O) groups is 1. The van der Waals surface area contributed by atoms with Crippen molar-refractivity contribution in [3.8, 4) is 0 Å². The first-order valence-electron chi connectivity index (χ1n) is 5.10. The summed E-state index contributed by atoms with van der Waals surface area (Å²) in [4.78, 5) is 11.3. The number of halogens is 1. The third-order valence-electron chi connectivity index (χ3n) is 2.53. The van der Waals surface area contributed by atoms with Crippen molar-refractivity contribution in [3.63, 3.8) is 0 Å². The topological polar surface area (TPSA) is 63.2 Å². The molecule has 1 atom stereocenters. The van der Waals surface area contributed by atoms with Gasteiger partial charge in [-0.05, 0) is 19.8 Å². The molecule has 0 aliphatic carbocycles. The van der Waals surface area contributed by atoms with Crippen LogP contribution >= 0.6 is 15.9 Å². The summed E-state index contributed by atoms with van der Waals surface area (Å²) in [5.41, 5.74) is 0. The second-order valence-corrected chi connectivity index (χ2v) is 8.53. The van der Waals surface area contributed by atoms with Crippen LogP contribution in [0.15, 0.2) is 0 Å². The van der Waals surface area contributed by atoms with Crippen LogP contribution in [0.1, 0.15) is 27.7 Å². The van der Waals surface area contributed by atoms with E-state index in [1.165, 1.54) is 6.26 Å². The summed E-state index contributed by atoms with van der Waals surface area (Å²) in [6.45, 7) is 7.16. The lowest BCUT2D eigenvalue weighted by atomic mass is 10.1. The Balaban J connectivity index is 4.43. The molecular weight excluding hydrogens is 294 g/mol. The van der Waals surface area contributed by atoms with Gasteiger partial charge in [0.05, 0.1) is 9.57 Å². The van der Waals surface area contributed by atoms with E-state index in [1.807, 2.05) is 13.8 Å². The number of alkyl halides is 1. The van der Waals surface area contributed by atoms with E-state index in [1.54, 1.807) is 13.8 Å². The molecule has 0 rings (SSSR count). The van der Waals surface area contributed by atoms with Gasteiger partial charge in [-0.15, -0.1) is 0 Å². The average molecular weight is 314 g/mol. The van der Waals surface area contributed by atoms with Crippen molar-refractivity contribution in [2.45, 2.75) is 37.3 Å². The van der Waals surface area contributed by atoms with Crippen LogP contribution in [0.2, 0.25) is 0 Å². The van der Waals surface area contributed by atoms with Crippen molar-refractivity contribution in [1.82, 2.24) is 5.32 Å². The van der Waals surface area contributed by atoms with E-state index in [4.69, 9.17) is 0 Å². The molecular formula is C10H20BrNO3S. The highest BCUT2D eigenvalue weighted by Gasteiger charge is 2.31. The Hall–Kier alpha value is -0.100. The van der Waals surface area contributed by atoms with E-state index < -0.39 is 14.6 Å². The second-order valence-electron chi connectivity index (χ2n) is 4.90. The summed E-state index contributed by atoms with van der Waals surface area (Å²) in [5, 5.41) is 2.65. The van der Waals surface area contributed by atoms with Crippen LogP contribution in [-0.2, 0) is 14.6 Å². The Morgan fingerprint density at radius 2 is 1.81 bits per heavy atom. The van der Waals surface area contributed by atoms with Gasteiger partial charge in [0.2, 0.25) is 5.91 Å². The minimum atomic E-state index is -3.17. The largest absolute Gasteiger partial charge is 0.354 e. The molecule has 0 saturated heterocycles. The summed E-state index contributed by atoms with van der Waals surface area (Å²) in [7, 11) is -3.17. The van der Waals surface area contributed by atoms with Crippen molar-refractivity contribution in [3.05, 3.63) is 0 Å². The molecule has 0 aromatic rings. The quantitative estimate of drug-likeness (QED) is 0.779. The Bertz CT molecular complexity index is 349. The molecule has 4 nitrogen and oxygen atoms in total. The highest BCUT2D eigenvalue weighted by Crippen LogP contribution is 2.15. The van der Waals surface area contributed by atoms with Gasteiger partial charge in [-0.2, -0.15) is 0 Å². The summed E-state index contributed by atoms with van der Waals surface area (Å²) in [5.74, 6) is -0.00642. The van der Waals surface area contributed by atoms with Crippen molar-refractivity contribution in [2.75, 3.05) is 12.8 Å². The molecule has 0 heterocycles. The van der Waals surface area contributed by atoms with E-state index in [0.717, 1.165) is 0 Å². The van der Waals surface area contributed by atoms with Crippen LogP contribution in [-0.4, -0.2) is 36.7 Å². The standard InChI is InChI=1S/C10H20BrNO3S/c1-7(2)8(11)9(13)12-6-10(3,4)16(5,14)15/h7-8H,6H2,1-5H3,(H,12,13). The van der Waals surface area contributed by atoms with Crippen LogP contribution in [0.4, 0.5) is 0 Å². The highest BCUT2D eigenvalue weighted by molar-refractivity contribution is 9.10. The SMILES string of the molecule is CC(C)C(Br)C(=O)NCC(C)(C)S(C)(=O)=O. The van der Waals surface area contributed by atoms with Crippen LogP contribution in [0.3, 0.4) is 0 Å². The van der Waals surface area contributed by atoms with Crippen molar-refractivity contribution < 1.29 is 13.2 Å². The molecule has 1 amide bonds. The zero-order valence-corrected chi connectivity index (χ0v) is 12.8. The lowest BCUT2D eigenvalue weighted by molar-refractivity contribution is -0.121. The Kier molecular flexibility index (Phi) is 5.46. The summed E-state index contributed by atoms with van der Waals surface area (Å²) in [6, 6.07) is 0. The predicted octanol–water partition coefficient (Wildman–Crippen LogP) is 1.35. The lowest BCUT2D eigenvalue weighted by Gasteiger charge is -2.24. The van der Waals surface area contributed by atoms with E-state index >= 15 is 0 Å². The summed E-state index contributed by atoms with van der Waals surface area (Å²) < 4.78 is 21.9. The van der Waals surface area contributed by atoms with Crippen LogP contribution in [0, 0.1) is 5.92 Å². The van der Waals surface area contributed by atoms with Crippen molar-refractivity contribution >= 4 is 31.7 Å². The smallest absolute Gasteiger partial charge is 0.234 e. The molecule has 96 valence electrons. The molecule has 0 saturated carbocycles. The fourth-order valence-corrected chi connectivity index (χ4v) is 1.33. The molecule has 0 aromatic carbocycles.